The Labute approximate surface area is 187 Å². The van der Waals surface area contributed by atoms with Gasteiger partial charge in [0.25, 0.3) is 0 Å². The summed E-state index contributed by atoms with van der Waals surface area (Å²) < 4.78 is 1.99. The van der Waals surface area contributed by atoms with Crippen molar-refractivity contribution >= 4 is 22.7 Å². The van der Waals surface area contributed by atoms with E-state index in [1.165, 1.54) is 5.56 Å². The molecule has 2 unspecified atom stereocenters. The molecular weight excluding hydrogens is 400 g/mol. The first-order valence-electron chi connectivity index (χ1n) is 11.1. The first-order chi connectivity index (χ1) is 15.8. The second kappa shape index (κ2) is 9.33. The molecule has 0 aliphatic carbocycles. The summed E-state index contributed by atoms with van der Waals surface area (Å²) in [6.07, 6.45) is 3.59. The molecule has 1 saturated heterocycles. The quantitative estimate of drug-likeness (QED) is 0.360. The number of aromatic nitrogens is 4. The van der Waals surface area contributed by atoms with Crippen LogP contribution in [0.4, 0.5) is 11.6 Å². The second-order valence-electron chi connectivity index (χ2n) is 8.07. The van der Waals surface area contributed by atoms with Gasteiger partial charge in [0.2, 0.25) is 5.95 Å². The Morgan fingerprint density at radius 3 is 2.84 bits per heavy atom. The van der Waals surface area contributed by atoms with Crippen molar-refractivity contribution in [3.05, 3.63) is 72.7 Å². The molecular formula is C24H28N8. The number of piperazine rings is 1. The SMILES string of the molecule is CC(Nc1nccc(-n2cnc3cc(NCC4CNCCN4)ccc32)n1)c1ccccc1. The van der Waals surface area contributed by atoms with Gasteiger partial charge in [-0.05, 0) is 36.8 Å². The third-order valence-corrected chi connectivity index (χ3v) is 5.76. The van der Waals surface area contributed by atoms with Gasteiger partial charge in [0, 0.05) is 44.1 Å². The molecule has 4 N–H and O–H groups in total. The first kappa shape index (κ1) is 20.4. The van der Waals surface area contributed by atoms with Crippen molar-refractivity contribution in [3.8, 4) is 5.82 Å². The van der Waals surface area contributed by atoms with E-state index < -0.39 is 0 Å². The predicted octanol–water partition coefficient (Wildman–Crippen LogP) is 2.96. The van der Waals surface area contributed by atoms with Gasteiger partial charge in [-0.15, -0.1) is 0 Å². The third kappa shape index (κ3) is 4.56. The Morgan fingerprint density at radius 1 is 1.09 bits per heavy atom. The van der Waals surface area contributed by atoms with Crippen LogP contribution in [0.25, 0.3) is 16.9 Å². The highest BCUT2D eigenvalue weighted by atomic mass is 15.2. The molecule has 0 spiro atoms. The van der Waals surface area contributed by atoms with Crippen molar-refractivity contribution in [2.45, 2.75) is 19.0 Å². The Hall–Kier alpha value is -3.49. The van der Waals surface area contributed by atoms with Crippen LogP contribution in [-0.4, -0.2) is 51.7 Å². The zero-order valence-corrected chi connectivity index (χ0v) is 18.1. The molecule has 0 saturated carbocycles. The standard InChI is InChI=1S/C24H28N8/c1-17(18-5-3-2-4-6-18)30-24-27-10-9-23(31-24)32-16-29-21-13-19(7-8-22(21)32)28-15-20-14-25-11-12-26-20/h2-10,13,16-17,20,25-26,28H,11-12,14-15H2,1H3,(H,27,30,31). The van der Waals surface area contributed by atoms with Crippen LogP contribution in [0.1, 0.15) is 18.5 Å². The molecule has 1 aliphatic heterocycles. The van der Waals surface area contributed by atoms with Gasteiger partial charge in [-0.3, -0.25) is 4.57 Å². The van der Waals surface area contributed by atoms with Gasteiger partial charge in [-0.1, -0.05) is 30.3 Å². The fourth-order valence-electron chi connectivity index (χ4n) is 3.98. The average molecular weight is 429 g/mol. The lowest BCUT2D eigenvalue weighted by atomic mass is 10.1. The van der Waals surface area contributed by atoms with E-state index in [0.717, 1.165) is 48.7 Å². The molecule has 0 bridgehead atoms. The van der Waals surface area contributed by atoms with E-state index in [1.54, 1.807) is 6.20 Å². The minimum absolute atomic E-state index is 0.105. The summed E-state index contributed by atoms with van der Waals surface area (Å²) in [5.74, 6) is 1.37. The number of rotatable bonds is 7. The summed E-state index contributed by atoms with van der Waals surface area (Å²) >= 11 is 0. The number of anilines is 2. The van der Waals surface area contributed by atoms with Crippen molar-refractivity contribution in [2.75, 3.05) is 36.8 Å². The molecule has 8 nitrogen and oxygen atoms in total. The Kier molecular flexibility index (Phi) is 5.96. The maximum absolute atomic E-state index is 4.72. The maximum atomic E-state index is 4.72. The number of imidazole rings is 1. The zero-order chi connectivity index (χ0) is 21.8. The molecule has 4 aromatic rings. The normalized spacial score (nSPS) is 17.2. The summed E-state index contributed by atoms with van der Waals surface area (Å²) in [6.45, 7) is 6.00. The molecule has 32 heavy (non-hydrogen) atoms. The summed E-state index contributed by atoms with van der Waals surface area (Å²) in [6, 6.07) is 19.0. The van der Waals surface area contributed by atoms with Crippen LogP contribution in [0.5, 0.6) is 0 Å². The molecule has 0 amide bonds. The molecule has 5 rings (SSSR count). The summed E-state index contributed by atoms with van der Waals surface area (Å²) in [5.41, 5.74) is 4.19. The number of nitrogens with one attached hydrogen (secondary N) is 4. The fourth-order valence-corrected chi connectivity index (χ4v) is 3.98. The van der Waals surface area contributed by atoms with Crippen molar-refractivity contribution in [3.63, 3.8) is 0 Å². The van der Waals surface area contributed by atoms with Crippen LogP contribution in [0.2, 0.25) is 0 Å². The molecule has 2 aromatic carbocycles. The van der Waals surface area contributed by atoms with Crippen LogP contribution in [-0.2, 0) is 0 Å². The number of hydrogen-bond donors (Lipinski definition) is 4. The Balaban J connectivity index is 1.31. The summed E-state index contributed by atoms with van der Waals surface area (Å²) in [4.78, 5) is 13.7. The van der Waals surface area contributed by atoms with Crippen LogP contribution in [0.3, 0.4) is 0 Å². The number of fused-ring (bicyclic) bond motifs is 1. The van der Waals surface area contributed by atoms with Gasteiger partial charge in [0.1, 0.15) is 12.1 Å². The topological polar surface area (TPSA) is 91.7 Å². The summed E-state index contributed by atoms with van der Waals surface area (Å²) in [5, 5.41) is 13.8. The number of benzene rings is 2. The lowest BCUT2D eigenvalue weighted by Gasteiger charge is -2.25. The highest BCUT2D eigenvalue weighted by molar-refractivity contribution is 5.81. The molecule has 1 aliphatic rings. The molecule has 2 atom stereocenters. The second-order valence-corrected chi connectivity index (χ2v) is 8.07. The van der Waals surface area contributed by atoms with Crippen LogP contribution < -0.4 is 21.3 Å². The van der Waals surface area contributed by atoms with Crippen LogP contribution in [0, 0.1) is 0 Å². The van der Waals surface area contributed by atoms with Gasteiger partial charge in [-0.2, -0.15) is 4.98 Å². The maximum Gasteiger partial charge on any atom is 0.225 e. The largest absolute Gasteiger partial charge is 0.383 e. The van der Waals surface area contributed by atoms with Crippen LogP contribution >= 0.6 is 0 Å². The number of hydrogen-bond acceptors (Lipinski definition) is 7. The summed E-state index contributed by atoms with van der Waals surface area (Å²) in [7, 11) is 0. The average Bonchev–Trinajstić information content (AvgIpc) is 3.27. The van der Waals surface area contributed by atoms with Crippen LogP contribution in [0.15, 0.2) is 67.1 Å². The molecule has 0 radical (unpaired) electrons. The monoisotopic (exact) mass is 428 g/mol. The molecule has 1 fully saturated rings. The van der Waals surface area contributed by atoms with E-state index in [4.69, 9.17) is 4.98 Å². The van der Waals surface area contributed by atoms with Crippen molar-refractivity contribution in [1.29, 1.82) is 0 Å². The molecule has 3 heterocycles. The molecule has 8 heteroatoms. The van der Waals surface area contributed by atoms with E-state index in [9.17, 15) is 0 Å². The van der Waals surface area contributed by atoms with Gasteiger partial charge in [-0.25, -0.2) is 9.97 Å². The van der Waals surface area contributed by atoms with Crippen molar-refractivity contribution < 1.29 is 0 Å². The van der Waals surface area contributed by atoms with E-state index in [0.29, 0.717) is 12.0 Å². The molecule has 164 valence electrons. The zero-order valence-electron chi connectivity index (χ0n) is 18.1. The Bertz CT molecular complexity index is 1170. The molecule has 2 aromatic heterocycles. The van der Waals surface area contributed by atoms with E-state index in [2.05, 4.69) is 68.5 Å². The smallest absolute Gasteiger partial charge is 0.225 e. The minimum Gasteiger partial charge on any atom is -0.383 e. The van der Waals surface area contributed by atoms with E-state index in [1.807, 2.05) is 35.2 Å². The third-order valence-electron chi connectivity index (χ3n) is 5.76. The van der Waals surface area contributed by atoms with Gasteiger partial charge in [0.15, 0.2) is 0 Å². The van der Waals surface area contributed by atoms with Gasteiger partial charge < -0.3 is 21.3 Å². The van der Waals surface area contributed by atoms with Gasteiger partial charge in [0.05, 0.1) is 17.1 Å². The Morgan fingerprint density at radius 2 is 2.00 bits per heavy atom. The highest BCUT2D eigenvalue weighted by Crippen LogP contribution is 2.22. The fraction of sp³-hybridized carbons (Fsp3) is 0.292. The van der Waals surface area contributed by atoms with Crippen molar-refractivity contribution in [1.82, 2.24) is 30.2 Å². The number of nitrogens with zero attached hydrogens (tertiary/aromatic N) is 4. The van der Waals surface area contributed by atoms with E-state index in [-0.39, 0.29) is 6.04 Å². The lowest BCUT2D eigenvalue weighted by molar-refractivity contribution is 0.431. The predicted molar refractivity (Wildman–Crippen MR) is 128 cm³/mol. The first-order valence-corrected chi connectivity index (χ1v) is 11.1. The van der Waals surface area contributed by atoms with Gasteiger partial charge >= 0.3 is 0 Å². The highest BCUT2D eigenvalue weighted by Gasteiger charge is 2.13. The van der Waals surface area contributed by atoms with Crippen molar-refractivity contribution in [2.24, 2.45) is 0 Å². The van der Waals surface area contributed by atoms with E-state index >= 15 is 0 Å². The lowest BCUT2D eigenvalue weighted by Crippen LogP contribution is -2.51. The minimum atomic E-state index is 0.105.